The molecule has 0 saturated heterocycles. The minimum Gasteiger partial charge on any atom is -0.382 e. The van der Waals surface area contributed by atoms with Crippen LogP contribution in [0.1, 0.15) is 0 Å². The Kier molecular flexibility index (Phi) is 4.01. The molecule has 0 aliphatic rings. The molecule has 1 rings (SSSR count). The van der Waals surface area contributed by atoms with Crippen LogP contribution in [0.5, 0.6) is 0 Å². The lowest BCUT2D eigenvalue weighted by Crippen LogP contribution is -2.10. The number of halogens is 3. The molecule has 0 unspecified atom stereocenters. The van der Waals surface area contributed by atoms with E-state index in [1.165, 1.54) is 6.07 Å². The zero-order chi connectivity index (χ0) is 11.3. The summed E-state index contributed by atoms with van der Waals surface area (Å²) in [5, 5.41) is 9.87. The van der Waals surface area contributed by atoms with Crippen LogP contribution in [0.2, 0.25) is 0 Å². The fourth-order valence-corrected chi connectivity index (χ4v) is 1.22. The largest absolute Gasteiger partial charge is 0.441 e. The highest BCUT2D eigenvalue weighted by atomic mass is 32.2. The Balaban J connectivity index is 2.23. The van der Waals surface area contributed by atoms with Gasteiger partial charge in [0.15, 0.2) is 0 Å². The summed E-state index contributed by atoms with van der Waals surface area (Å²) in [6.45, 7) is 0.169. The summed E-state index contributed by atoms with van der Waals surface area (Å²) < 4.78 is 35.2. The van der Waals surface area contributed by atoms with Gasteiger partial charge in [0.1, 0.15) is 11.6 Å². The Morgan fingerprint density at radius 1 is 1.33 bits per heavy atom. The third-order valence-electron chi connectivity index (χ3n) is 1.36. The zero-order valence-electron chi connectivity index (χ0n) is 7.58. The van der Waals surface area contributed by atoms with Crippen molar-refractivity contribution in [1.82, 2.24) is 10.2 Å². The molecule has 15 heavy (non-hydrogen) atoms. The number of aromatic nitrogens is 2. The fraction of sp³-hybridized carbons (Fsp3) is 0.429. The molecule has 0 radical (unpaired) electrons. The molecule has 1 aromatic rings. The van der Waals surface area contributed by atoms with Crippen LogP contribution in [-0.2, 0) is 0 Å². The maximum atomic E-state index is 11.7. The first-order chi connectivity index (χ1) is 6.97. The Bertz CT molecular complexity index is 300. The van der Waals surface area contributed by atoms with Gasteiger partial charge in [-0.3, -0.25) is 0 Å². The predicted molar refractivity (Wildman–Crippen MR) is 53.4 cm³/mol. The van der Waals surface area contributed by atoms with E-state index in [-0.39, 0.29) is 29.9 Å². The van der Waals surface area contributed by atoms with Gasteiger partial charge < -0.3 is 11.1 Å². The molecule has 0 amide bonds. The van der Waals surface area contributed by atoms with Crippen molar-refractivity contribution in [2.24, 2.45) is 0 Å². The molecule has 84 valence electrons. The number of hydrogen-bond donors (Lipinski definition) is 2. The van der Waals surface area contributed by atoms with Gasteiger partial charge in [0.05, 0.1) is 0 Å². The molecule has 0 aliphatic heterocycles. The first kappa shape index (κ1) is 11.9. The summed E-state index contributed by atoms with van der Waals surface area (Å²) in [5.74, 6) is 0.604. The molecule has 0 aliphatic carbocycles. The van der Waals surface area contributed by atoms with Crippen LogP contribution in [-0.4, -0.2) is 28.0 Å². The number of anilines is 2. The van der Waals surface area contributed by atoms with E-state index in [4.69, 9.17) is 5.73 Å². The summed E-state index contributed by atoms with van der Waals surface area (Å²) in [7, 11) is 0. The van der Waals surface area contributed by atoms with Crippen molar-refractivity contribution in [2.75, 3.05) is 23.3 Å². The normalized spacial score (nSPS) is 11.4. The molecule has 3 N–H and O–H groups in total. The summed E-state index contributed by atoms with van der Waals surface area (Å²) in [6.07, 6.45) is 0. The zero-order valence-corrected chi connectivity index (χ0v) is 8.40. The summed E-state index contributed by atoms with van der Waals surface area (Å²) in [5.41, 5.74) is 1.10. The van der Waals surface area contributed by atoms with E-state index in [2.05, 4.69) is 15.5 Å². The summed E-state index contributed by atoms with van der Waals surface area (Å²) >= 11 is -0.0794. The van der Waals surface area contributed by atoms with Gasteiger partial charge in [0, 0.05) is 12.3 Å². The molecule has 0 aromatic carbocycles. The Labute approximate surface area is 88.4 Å². The van der Waals surface area contributed by atoms with Crippen LogP contribution in [0.4, 0.5) is 24.8 Å². The maximum Gasteiger partial charge on any atom is 0.441 e. The number of nitrogens with zero attached hydrogens (tertiary/aromatic N) is 2. The second-order valence-corrected chi connectivity index (χ2v) is 3.72. The number of thioether (sulfide) groups is 1. The van der Waals surface area contributed by atoms with E-state index in [0.29, 0.717) is 5.82 Å². The molecule has 0 atom stereocenters. The van der Waals surface area contributed by atoms with E-state index in [9.17, 15) is 13.2 Å². The molecule has 4 nitrogen and oxygen atoms in total. The Morgan fingerprint density at radius 3 is 2.60 bits per heavy atom. The van der Waals surface area contributed by atoms with Crippen molar-refractivity contribution in [1.29, 1.82) is 0 Å². The number of alkyl halides is 3. The minimum absolute atomic E-state index is 0.0739. The van der Waals surface area contributed by atoms with E-state index in [1.807, 2.05) is 0 Å². The van der Waals surface area contributed by atoms with Crippen LogP contribution >= 0.6 is 11.8 Å². The lowest BCUT2D eigenvalue weighted by atomic mass is 10.5. The van der Waals surface area contributed by atoms with E-state index in [1.54, 1.807) is 6.07 Å². The Morgan fingerprint density at radius 2 is 2.07 bits per heavy atom. The average Bonchev–Trinajstić information content (AvgIpc) is 2.14. The summed E-state index contributed by atoms with van der Waals surface area (Å²) in [6, 6.07) is 3.08. The quantitative estimate of drug-likeness (QED) is 0.782. The van der Waals surface area contributed by atoms with Crippen LogP contribution in [0.3, 0.4) is 0 Å². The molecule has 0 bridgehead atoms. The molecule has 0 fully saturated rings. The highest BCUT2D eigenvalue weighted by molar-refractivity contribution is 8.00. The van der Waals surface area contributed by atoms with Crippen molar-refractivity contribution in [2.45, 2.75) is 5.51 Å². The third-order valence-corrected chi connectivity index (χ3v) is 2.09. The van der Waals surface area contributed by atoms with E-state index < -0.39 is 5.51 Å². The Hall–Kier alpha value is -1.18. The van der Waals surface area contributed by atoms with E-state index in [0.717, 1.165) is 0 Å². The number of rotatable bonds is 4. The SMILES string of the molecule is Nc1ccc(NCCSC(F)(F)F)nn1. The third kappa shape index (κ3) is 5.31. The van der Waals surface area contributed by atoms with Crippen molar-refractivity contribution >= 4 is 23.4 Å². The molecular weight excluding hydrogens is 229 g/mol. The van der Waals surface area contributed by atoms with Gasteiger partial charge in [-0.15, -0.1) is 10.2 Å². The topological polar surface area (TPSA) is 63.8 Å². The smallest absolute Gasteiger partial charge is 0.382 e. The highest BCUT2D eigenvalue weighted by Gasteiger charge is 2.27. The minimum atomic E-state index is -4.19. The number of nitrogens with two attached hydrogens (primary N) is 1. The lowest BCUT2D eigenvalue weighted by Gasteiger charge is -2.06. The molecule has 1 heterocycles. The summed E-state index contributed by atoms with van der Waals surface area (Å²) in [4.78, 5) is 0. The van der Waals surface area contributed by atoms with Crippen molar-refractivity contribution < 1.29 is 13.2 Å². The number of nitrogen functional groups attached to an aromatic ring is 1. The fourth-order valence-electron chi connectivity index (χ4n) is 0.783. The van der Waals surface area contributed by atoms with Crippen LogP contribution in [0.15, 0.2) is 12.1 Å². The van der Waals surface area contributed by atoms with Gasteiger partial charge in [0.25, 0.3) is 0 Å². The van der Waals surface area contributed by atoms with Crippen molar-refractivity contribution in [3.8, 4) is 0 Å². The first-order valence-electron chi connectivity index (χ1n) is 4.01. The van der Waals surface area contributed by atoms with Gasteiger partial charge in [-0.25, -0.2) is 0 Å². The van der Waals surface area contributed by atoms with Crippen molar-refractivity contribution in [3.05, 3.63) is 12.1 Å². The van der Waals surface area contributed by atoms with Gasteiger partial charge in [0.2, 0.25) is 0 Å². The molecular formula is C7H9F3N4S. The number of nitrogens with one attached hydrogen (secondary N) is 1. The molecule has 0 spiro atoms. The van der Waals surface area contributed by atoms with Gasteiger partial charge in [-0.05, 0) is 23.9 Å². The average molecular weight is 238 g/mol. The predicted octanol–water partition coefficient (Wildman–Crippen LogP) is 1.72. The molecule has 8 heteroatoms. The first-order valence-corrected chi connectivity index (χ1v) is 5.00. The highest BCUT2D eigenvalue weighted by Crippen LogP contribution is 2.29. The van der Waals surface area contributed by atoms with Crippen LogP contribution in [0, 0.1) is 0 Å². The van der Waals surface area contributed by atoms with Crippen LogP contribution in [0.25, 0.3) is 0 Å². The van der Waals surface area contributed by atoms with Crippen LogP contribution < -0.4 is 11.1 Å². The lowest BCUT2D eigenvalue weighted by molar-refractivity contribution is -0.0327. The van der Waals surface area contributed by atoms with Gasteiger partial charge >= 0.3 is 5.51 Å². The standard InChI is InChI=1S/C7H9F3N4S/c8-7(9,10)15-4-3-12-6-2-1-5(11)13-14-6/h1-2H,3-4H2,(H2,11,13)(H,12,14). The second kappa shape index (κ2) is 5.06. The maximum absolute atomic E-state index is 11.7. The molecule has 0 saturated carbocycles. The molecule has 1 aromatic heterocycles. The monoisotopic (exact) mass is 238 g/mol. The van der Waals surface area contributed by atoms with E-state index >= 15 is 0 Å². The second-order valence-electron chi connectivity index (χ2n) is 2.56. The van der Waals surface area contributed by atoms with Gasteiger partial charge in [-0.2, -0.15) is 13.2 Å². The van der Waals surface area contributed by atoms with Gasteiger partial charge in [-0.1, -0.05) is 0 Å². The van der Waals surface area contributed by atoms with Crippen molar-refractivity contribution in [3.63, 3.8) is 0 Å². The number of hydrogen-bond acceptors (Lipinski definition) is 5.